The first-order valence-electron chi connectivity index (χ1n) is 12.1. The zero-order chi connectivity index (χ0) is 25.3. The maximum Gasteiger partial charge on any atom is 0.253 e. The van der Waals surface area contributed by atoms with Crippen LogP contribution in [0.15, 0.2) is 54.6 Å². The number of methoxy groups -OCH3 is 2. The summed E-state index contributed by atoms with van der Waals surface area (Å²) in [6.07, 6.45) is 1.23. The van der Waals surface area contributed by atoms with Crippen LogP contribution in [-0.2, 0) is 10.3 Å². The number of Topliss-reactive ketones (excluding diaryl/α,β-unsaturated/α-hetero) is 1. The van der Waals surface area contributed by atoms with Gasteiger partial charge in [-0.3, -0.25) is 9.59 Å². The van der Waals surface area contributed by atoms with E-state index >= 15 is 0 Å². The van der Waals surface area contributed by atoms with Crippen LogP contribution in [-0.4, -0.2) is 61.7 Å². The molecule has 2 aromatic carbocycles. The Hall–Kier alpha value is -3.78. The molecule has 2 aliphatic heterocycles. The van der Waals surface area contributed by atoms with Gasteiger partial charge in [-0.1, -0.05) is 12.1 Å². The lowest BCUT2D eigenvalue weighted by atomic mass is 9.86. The van der Waals surface area contributed by atoms with Gasteiger partial charge >= 0.3 is 0 Å². The SMILES string of the molecule is COCCOc1ccc(C(=O)N2CCC3(CC2)Oc2ccccc2-n2c(C(C)=O)ccc23)cc1OC. The third-order valence-electron chi connectivity index (χ3n) is 6.93. The average molecular weight is 491 g/mol. The van der Waals surface area contributed by atoms with Crippen molar-refractivity contribution in [2.75, 3.05) is 40.5 Å². The van der Waals surface area contributed by atoms with Crippen molar-refractivity contribution in [3.8, 4) is 22.9 Å². The minimum absolute atomic E-state index is 0.00399. The number of ketones is 1. The maximum absolute atomic E-state index is 13.4. The van der Waals surface area contributed by atoms with Gasteiger partial charge in [0.2, 0.25) is 0 Å². The van der Waals surface area contributed by atoms with Gasteiger partial charge in [-0.05, 0) is 42.5 Å². The standard InChI is InChI=1S/C28H30N2O6/c1-19(31)21-9-11-26-28(36-23-7-5-4-6-22(23)30(21)26)12-14-29(15-13-28)27(32)20-8-10-24(25(18-20)34-3)35-17-16-33-2/h4-11,18H,12-17H2,1-3H3. The fourth-order valence-corrected chi connectivity index (χ4v) is 5.08. The van der Waals surface area contributed by atoms with Crippen molar-refractivity contribution in [2.24, 2.45) is 0 Å². The Bertz CT molecular complexity index is 1290. The molecule has 3 heterocycles. The maximum atomic E-state index is 13.4. The molecule has 5 rings (SSSR count). The molecule has 8 heteroatoms. The Kier molecular flexibility index (Phi) is 6.45. The molecule has 0 saturated carbocycles. The summed E-state index contributed by atoms with van der Waals surface area (Å²) in [5, 5.41) is 0. The fourth-order valence-electron chi connectivity index (χ4n) is 5.08. The van der Waals surface area contributed by atoms with E-state index in [-0.39, 0.29) is 11.7 Å². The van der Waals surface area contributed by atoms with Gasteiger partial charge in [-0.25, -0.2) is 0 Å². The summed E-state index contributed by atoms with van der Waals surface area (Å²) in [7, 11) is 3.17. The summed E-state index contributed by atoms with van der Waals surface area (Å²) in [6, 6.07) is 16.9. The molecule has 1 amide bonds. The van der Waals surface area contributed by atoms with Crippen LogP contribution in [0.25, 0.3) is 5.69 Å². The number of carbonyl (C=O) groups excluding carboxylic acids is 2. The number of benzene rings is 2. The number of aromatic nitrogens is 1. The van der Waals surface area contributed by atoms with E-state index in [1.54, 1.807) is 39.3 Å². The number of likely N-dealkylation sites (tertiary alicyclic amines) is 1. The first-order valence-corrected chi connectivity index (χ1v) is 12.1. The van der Waals surface area contributed by atoms with Crippen LogP contribution in [0.5, 0.6) is 17.2 Å². The molecule has 8 nitrogen and oxygen atoms in total. The van der Waals surface area contributed by atoms with Crippen LogP contribution in [0.2, 0.25) is 0 Å². The van der Waals surface area contributed by atoms with Gasteiger partial charge in [0.05, 0.1) is 30.8 Å². The first-order chi connectivity index (χ1) is 17.5. The molecule has 0 bridgehead atoms. The van der Waals surface area contributed by atoms with Crippen LogP contribution >= 0.6 is 0 Å². The quantitative estimate of drug-likeness (QED) is 0.364. The van der Waals surface area contributed by atoms with Crippen molar-refractivity contribution in [3.63, 3.8) is 0 Å². The van der Waals surface area contributed by atoms with Gasteiger partial charge in [0.25, 0.3) is 5.91 Å². The summed E-state index contributed by atoms with van der Waals surface area (Å²) in [5.74, 6) is 1.76. The predicted octanol–water partition coefficient (Wildman–Crippen LogP) is 4.24. The Morgan fingerprint density at radius 3 is 2.47 bits per heavy atom. The second kappa shape index (κ2) is 9.70. The van der Waals surface area contributed by atoms with Gasteiger partial charge in [0, 0.05) is 45.5 Å². The van der Waals surface area contributed by atoms with Crippen molar-refractivity contribution in [2.45, 2.75) is 25.4 Å². The summed E-state index contributed by atoms with van der Waals surface area (Å²) in [4.78, 5) is 27.6. The van der Waals surface area contributed by atoms with Gasteiger partial charge in [0.15, 0.2) is 22.9 Å². The number of nitrogens with zero attached hydrogens (tertiary/aromatic N) is 2. The molecule has 0 atom stereocenters. The number of piperidine rings is 1. The van der Waals surface area contributed by atoms with Crippen molar-refractivity contribution in [1.82, 2.24) is 9.47 Å². The highest BCUT2D eigenvalue weighted by atomic mass is 16.5. The van der Waals surface area contributed by atoms with E-state index in [2.05, 4.69) is 0 Å². The van der Waals surface area contributed by atoms with Crippen molar-refractivity contribution < 1.29 is 28.5 Å². The molecular formula is C28H30N2O6. The van der Waals surface area contributed by atoms with E-state index in [9.17, 15) is 9.59 Å². The zero-order valence-electron chi connectivity index (χ0n) is 20.8. The van der Waals surface area contributed by atoms with E-state index in [1.165, 1.54) is 0 Å². The van der Waals surface area contributed by atoms with Gasteiger partial charge < -0.3 is 28.4 Å². The molecule has 36 heavy (non-hydrogen) atoms. The summed E-state index contributed by atoms with van der Waals surface area (Å²) < 4.78 is 24.8. The Morgan fingerprint density at radius 1 is 0.972 bits per heavy atom. The van der Waals surface area contributed by atoms with Crippen molar-refractivity contribution in [3.05, 3.63) is 71.5 Å². The summed E-state index contributed by atoms with van der Waals surface area (Å²) >= 11 is 0. The normalized spacial score (nSPS) is 15.6. The van der Waals surface area contributed by atoms with Crippen LogP contribution in [0.1, 0.15) is 46.3 Å². The topological polar surface area (TPSA) is 79.2 Å². The molecule has 1 fully saturated rings. The summed E-state index contributed by atoms with van der Waals surface area (Å²) in [6.45, 7) is 3.48. The molecule has 1 spiro atoms. The lowest BCUT2D eigenvalue weighted by molar-refractivity contribution is -0.00942. The fraction of sp³-hybridized carbons (Fsp3) is 0.357. The molecule has 2 aliphatic rings. The largest absolute Gasteiger partial charge is 0.493 e. The minimum atomic E-state index is -0.602. The van der Waals surface area contributed by atoms with Gasteiger partial charge in [-0.15, -0.1) is 0 Å². The van der Waals surface area contributed by atoms with Crippen LogP contribution in [0.4, 0.5) is 0 Å². The molecule has 0 unspecified atom stereocenters. The highest BCUT2D eigenvalue weighted by molar-refractivity contribution is 5.95. The van der Waals surface area contributed by atoms with Crippen LogP contribution in [0.3, 0.4) is 0 Å². The number of hydrogen-bond acceptors (Lipinski definition) is 6. The molecule has 3 aromatic rings. The molecule has 0 radical (unpaired) electrons. The summed E-state index contributed by atoms with van der Waals surface area (Å²) in [5.41, 5.74) is 2.40. The molecule has 0 N–H and O–H groups in total. The second-order valence-corrected chi connectivity index (χ2v) is 9.06. The lowest BCUT2D eigenvalue weighted by Gasteiger charge is -2.45. The second-order valence-electron chi connectivity index (χ2n) is 9.06. The number of ether oxygens (including phenoxy) is 4. The number of fused-ring (bicyclic) bond motifs is 4. The third-order valence-corrected chi connectivity index (χ3v) is 6.93. The van der Waals surface area contributed by atoms with E-state index in [0.717, 1.165) is 17.1 Å². The number of amides is 1. The van der Waals surface area contributed by atoms with Crippen LogP contribution < -0.4 is 14.2 Å². The predicted molar refractivity (Wildman–Crippen MR) is 134 cm³/mol. The van der Waals surface area contributed by atoms with Crippen molar-refractivity contribution >= 4 is 11.7 Å². The van der Waals surface area contributed by atoms with E-state index in [1.807, 2.05) is 45.9 Å². The Morgan fingerprint density at radius 2 is 1.75 bits per heavy atom. The highest BCUT2D eigenvalue weighted by Gasteiger charge is 2.45. The Balaban J connectivity index is 1.36. The molecule has 1 saturated heterocycles. The smallest absolute Gasteiger partial charge is 0.253 e. The average Bonchev–Trinajstić information content (AvgIpc) is 3.36. The third kappa shape index (κ3) is 4.11. The van der Waals surface area contributed by atoms with Gasteiger partial charge in [-0.2, -0.15) is 0 Å². The minimum Gasteiger partial charge on any atom is -0.493 e. The monoisotopic (exact) mass is 490 g/mol. The van der Waals surface area contributed by atoms with Crippen LogP contribution in [0, 0.1) is 0 Å². The number of rotatable bonds is 7. The van der Waals surface area contributed by atoms with E-state index in [0.29, 0.717) is 61.9 Å². The zero-order valence-corrected chi connectivity index (χ0v) is 20.8. The number of carbonyl (C=O) groups is 2. The molecule has 0 aliphatic carbocycles. The number of hydrogen-bond donors (Lipinski definition) is 0. The Labute approximate surface area is 210 Å². The first kappa shape index (κ1) is 23.9. The lowest BCUT2D eigenvalue weighted by Crippen LogP contribution is -2.50. The number of para-hydroxylation sites is 2. The molecular weight excluding hydrogens is 460 g/mol. The van der Waals surface area contributed by atoms with E-state index < -0.39 is 5.60 Å². The van der Waals surface area contributed by atoms with Crippen molar-refractivity contribution in [1.29, 1.82) is 0 Å². The van der Waals surface area contributed by atoms with E-state index in [4.69, 9.17) is 18.9 Å². The van der Waals surface area contributed by atoms with Gasteiger partial charge in [0.1, 0.15) is 12.4 Å². The highest BCUT2D eigenvalue weighted by Crippen LogP contribution is 2.46. The molecule has 188 valence electrons. The molecule has 1 aromatic heterocycles.